The summed E-state index contributed by atoms with van der Waals surface area (Å²) in [6.45, 7) is 5.29. The van der Waals surface area contributed by atoms with E-state index in [0.29, 0.717) is 32.7 Å². The summed E-state index contributed by atoms with van der Waals surface area (Å²) in [6, 6.07) is 9.72. The van der Waals surface area contributed by atoms with E-state index >= 15 is 0 Å². The minimum Gasteiger partial charge on any atom is -0.452 e. The summed E-state index contributed by atoms with van der Waals surface area (Å²) in [5.74, 6) is 0.221. The highest BCUT2D eigenvalue weighted by Gasteiger charge is 2.29. The van der Waals surface area contributed by atoms with Gasteiger partial charge in [-0.05, 0) is 56.7 Å². The van der Waals surface area contributed by atoms with E-state index in [1.54, 1.807) is 57.2 Å². The van der Waals surface area contributed by atoms with Gasteiger partial charge in [-0.1, -0.05) is 29.3 Å². The molecule has 1 aliphatic heterocycles. The maximum atomic E-state index is 12.5. The van der Waals surface area contributed by atoms with E-state index in [1.165, 1.54) is 6.07 Å². The molecule has 0 amide bonds. The molecule has 134 valence electrons. The Morgan fingerprint density at radius 1 is 1.08 bits per heavy atom. The van der Waals surface area contributed by atoms with Gasteiger partial charge >= 0.3 is 5.97 Å². The standard InChI is InChI=1S/C20H16Cl2O4/c1-20(2,3)19(24)25-12-5-6-13-16(10-12)26-17(18(13)23)9-11-4-7-14(21)15(22)8-11/h4-10H,1-3H3/b17-9+. The Kier molecular flexibility index (Phi) is 4.82. The van der Waals surface area contributed by atoms with Gasteiger partial charge in [0.15, 0.2) is 5.76 Å². The number of ketones is 1. The van der Waals surface area contributed by atoms with Crippen molar-refractivity contribution < 1.29 is 19.1 Å². The van der Waals surface area contributed by atoms with Gasteiger partial charge in [-0.3, -0.25) is 9.59 Å². The second-order valence-electron chi connectivity index (χ2n) is 6.91. The summed E-state index contributed by atoms with van der Waals surface area (Å²) < 4.78 is 11.0. The van der Waals surface area contributed by atoms with Crippen molar-refractivity contribution in [2.24, 2.45) is 5.41 Å². The number of carbonyl (C=O) groups is 2. The van der Waals surface area contributed by atoms with Crippen LogP contribution in [-0.4, -0.2) is 11.8 Å². The van der Waals surface area contributed by atoms with Crippen LogP contribution in [0.4, 0.5) is 0 Å². The van der Waals surface area contributed by atoms with Crippen molar-refractivity contribution in [3.63, 3.8) is 0 Å². The Hall–Kier alpha value is -2.30. The zero-order valence-corrected chi connectivity index (χ0v) is 15.9. The van der Waals surface area contributed by atoms with Crippen LogP contribution >= 0.6 is 23.2 Å². The second-order valence-corrected chi connectivity index (χ2v) is 7.73. The molecule has 0 N–H and O–H groups in total. The lowest BCUT2D eigenvalue weighted by molar-refractivity contribution is -0.143. The third-order valence-corrected chi connectivity index (χ3v) is 4.44. The summed E-state index contributed by atoms with van der Waals surface area (Å²) in [6.07, 6.45) is 1.59. The van der Waals surface area contributed by atoms with Gasteiger partial charge in [0.2, 0.25) is 5.78 Å². The monoisotopic (exact) mass is 390 g/mol. The summed E-state index contributed by atoms with van der Waals surface area (Å²) in [5, 5.41) is 0.821. The number of fused-ring (bicyclic) bond motifs is 1. The van der Waals surface area contributed by atoms with Crippen molar-refractivity contribution >= 4 is 41.0 Å². The lowest BCUT2D eigenvalue weighted by Crippen LogP contribution is -2.25. The summed E-state index contributed by atoms with van der Waals surface area (Å²) in [5.41, 5.74) is 0.469. The normalized spacial score (nSPS) is 15.0. The smallest absolute Gasteiger partial charge is 0.316 e. The molecule has 0 spiro atoms. The SMILES string of the molecule is CC(C)(C)C(=O)Oc1ccc2c(c1)O/C(=C/c1ccc(Cl)c(Cl)c1)C2=O. The number of benzene rings is 2. The molecule has 0 bridgehead atoms. The van der Waals surface area contributed by atoms with Crippen LogP contribution in [0.25, 0.3) is 6.08 Å². The van der Waals surface area contributed by atoms with Gasteiger partial charge in [0, 0.05) is 6.07 Å². The molecule has 4 nitrogen and oxygen atoms in total. The second kappa shape index (κ2) is 6.78. The highest BCUT2D eigenvalue weighted by atomic mass is 35.5. The molecule has 1 heterocycles. The van der Waals surface area contributed by atoms with Crippen molar-refractivity contribution in [1.29, 1.82) is 0 Å². The van der Waals surface area contributed by atoms with Gasteiger partial charge in [-0.2, -0.15) is 0 Å². The number of allylic oxidation sites excluding steroid dienone is 1. The lowest BCUT2D eigenvalue weighted by atomic mass is 9.97. The fourth-order valence-corrected chi connectivity index (χ4v) is 2.55. The molecule has 0 aromatic heterocycles. The lowest BCUT2D eigenvalue weighted by Gasteiger charge is -2.16. The fraction of sp³-hybridized carbons (Fsp3) is 0.200. The molecule has 0 saturated heterocycles. The number of carbonyl (C=O) groups excluding carboxylic acids is 2. The zero-order valence-electron chi connectivity index (χ0n) is 14.4. The molecular formula is C20H16Cl2O4. The molecule has 0 fully saturated rings. The van der Waals surface area contributed by atoms with Crippen LogP contribution in [0.15, 0.2) is 42.2 Å². The van der Waals surface area contributed by atoms with Gasteiger partial charge in [-0.25, -0.2) is 0 Å². The highest BCUT2D eigenvalue weighted by molar-refractivity contribution is 6.42. The average Bonchev–Trinajstić information content (AvgIpc) is 2.85. The summed E-state index contributed by atoms with van der Waals surface area (Å²) in [7, 11) is 0. The predicted octanol–water partition coefficient (Wildman–Crippen LogP) is 5.56. The molecule has 0 saturated carbocycles. The van der Waals surface area contributed by atoms with Crippen LogP contribution in [0.3, 0.4) is 0 Å². The first-order valence-electron chi connectivity index (χ1n) is 7.91. The van der Waals surface area contributed by atoms with Crippen molar-refractivity contribution in [2.75, 3.05) is 0 Å². The minimum absolute atomic E-state index is 0.165. The van der Waals surface area contributed by atoms with E-state index in [-0.39, 0.29) is 17.5 Å². The van der Waals surface area contributed by atoms with Crippen molar-refractivity contribution in [1.82, 2.24) is 0 Å². The van der Waals surface area contributed by atoms with E-state index in [4.69, 9.17) is 32.7 Å². The molecule has 2 aromatic carbocycles. The molecule has 0 unspecified atom stereocenters. The topological polar surface area (TPSA) is 52.6 Å². The van der Waals surface area contributed by atoms with Gasteiger partial charge in [0.1, 0.15) is 11.5 Å². The van der Waals surface area contributed by atoms with Crippen LogP contribution in [0.5, 0.6) is 11.5 Å². The molecule has 3 rings (SSSR count). The molecule has 0 radical (unpaired) electrons. The van der Waals surface area contributed by atoms with Crippen molar-refractivity contribution in [3.05, 3.63) is 63.3 Å². The van der Waals surface area contributed by atoms with Crippen LogP contribution < -0.4 is 9.47 Å². The van der Waals surface area contributed by atoms with Crippen molar-refractivity contribution in [3.8, 4) is 11.5 Å². The quantitative estimate of drug-likeness (QED) is 0.382. The van der Waals surface area contributed by atoms with Crippen molar-refractivity contribution in [2.45, 2.75) is 20.8 Å². The Bertz CT molecular complexity index is 939. The molecule has 26 heavy (non-hydrogen) atoms. The maximum Gasteiger partial charge on any atom is 0.316 e. The Balaban J connectivity index is 1.86. The van der Waals surface area contributed by atoms with Crippen LogP contribution in [0.2, 0.25) is 10.0 Å². The first kappa shape index (κ1) is 18.5. The van der Waals surface area contributed by atoms with E-state index in [2.05, 4.69) is 0 Å². The molecular weight excluding hydrogens is 375 g/mol. The number of rotatable bonds is 2. The van der Waals surface area contributed by atoms with Gasteiger partial charge in [0.05, 0.1) is 21.0 Å². The number of hydrogen-bond donors (Lipinski definition) is 0. The maximum absolute atomic E-state index is 12.5. The fourth-order valence-electron chi connectivity index (χ4n) is 2.24. The molecule has 2 aromatic rings. The first-order chi connectivity index (χ1) is 12.1. The predicted molar refractivity (Wildman–Crippen MR) is 101 cm³/mol. The van der Waals surface area contributed by atoms with Gasteiger partial charge < -0.3 is 9.47 Å². The number of hydrogen-bond acceptors (Lipinski definition) is 4. The van der Waals surface area contributed by atoms with Crippen LogP contribution in [-0.2, 0) is 4.79 Å². The Morgan fingerprint density at radius 3 is 2.46 bits per heavy atom. The molecule has 1 aliphatic rings. The number of halogens is 2. The van der Waals surface area contributed by atoms with E-state index < -0.39 is 5.41 Å². The van der Waals surface area contributed by atoms with E-state index in [9.17, 15) is 9.59 Å². The van der Waals surface area contributed by atoms with Gasteiger partial charge in [-0.15, -0.1) is 0 Å². The average molecular weight is 391 g/mol. The number of ether oxygens (including phenoxy) is 2. The third-order valence-electron chi connectivity index (χ3n) is 3.71. The van der Waals surface area contributed by atoms with E-state index in [1.807, 2.05) is 0 Å². The Labute approximate surface area is 161 Å². The van der Waals surface area contributed by atoms with Gasteiger partial charge in [0.25, 0.3) is 0 Å². The zero-order chi connectivity index (χ0) is 19.1. The molecule has 0 aliphatic carbocycles. The van der Waals surface area contributed by atoms with Crippen LogP contribution in [0, 0.1) is 5.41 Å². The summed E-state index contributed by atoms with van der Waals surface area (Å²) >= 11 is 11.9. The molecule has 6 heteroatoms. The number of Topliss-reactive ketones (excluding diaryl/α,β-unsaturated/α-hetero) is 1. The summed E-state index contributed by atoms with van der Waals surface area (Å²) in [4.78, 5) is 24.5. The number of esters is 1. The largest absolute Gasteiger partial charge is 0.452 e. The molecule has 0 atom stereocenters. The van der Waals surface area contributed by atoms with E-state index in [0.717, 1.165) is 0 Å². The van der Waals surface area contributed by atoms with Crippen LogP contribution in [0.1, 0.15) is 36.7 Å². The third kappa shape index (κ3) is 3.76. The first-order valence-corrected chi connectivity index (χ1v) is 8.66. The minimum atomic E-state index is -0.630. The highest BCUT2D eigenvalue weighted by Crippen LogP contribution is 2.36. The Morgan fingerprint density at radius 2 is 1.81 bits per heavy atom.